The zero-order chi connectivity index (χ0) is 14.4. The van der Waals surface area contributed by atoms with Gasteiger partial charge in [0, 0.05) is 0 Å². The summed E-state index contributed by atoms with van der Waals surface area (Å²) in [6, 6.07) is 19.1. The smallest absolute Gasteiger partial charge is 0.100 e. The molecule has 0 aliphatic heterocycles. The van der Waals surface area contributed by atoms with Crippen molar-refractivity contribution in [1.82, 2.24) is 0 Å². The van der Waals surface area contributed by atoms with Gasteiger partial charge in [0.05, 0.1) is 11.4 Å². The molecule has 0 radical (unpaired) electrons. The molecule has 0 aliphatic carbocycles. The van der Waals surface area contributed by atoms with Crippen molar-refractivity contribution >= 4 is 17.4 Å². The van der Waals surface area contributed by atoms with Gasteiger partial charge in [-0.25, -0.2) is 0 Å². The molecule has 102 valence electrons. The number of benzene rings is 2. The molecule has 2 aromatic rings. The van der Waals surface area contributed by atoms with Gasteiger partial charge in [-0.3, -0.25) is 0 Å². The number of hydrogen-bond acceptors (Lipinski definition) is 2. The van der Waals surface area contributed by atoms with Crippen molar-refractivity contribution in [2.45, 2.75) is 33.1 Å². The van der Waals surface area contributed by atoms with E-state index < -0.39 is 0 Å². The molecular weight excluding hydrogens is 244 g/mol. The third kappa shape index (κ3) is 3.43. The first-order valence-electron chi connectivity index (χ1n) is 7.05. The Balaban J connectivity index is 2.32. The lowest BCUT2D eigenvalue weighted by Crippen LogP contribution is -1.86. The van der Waals surface area contributed by atoms with Crippen molar-refractivity contribution in [2.24, 2.45) is 9.98 Å². The summed E-state index contributed by atoms with van der Waals surface area (Å²) < 4.78 is 0. The van der Waals surface area contributed by atoms with E-state index in [1.807, 2.05) is 36.4 Å². The summed E-state index contributed by atoms with van der Waals surface area (Å²) in [6.45, 7) is 6.45. The standard InChI is InChI=1S/C18H20N2/c1-4-15-9-5-7-11-17(15)19-13-20-18-12-8-6-10-16(18)14(2)3/h5-12,14H,4H2,1-3H3. The van der Waals surface area contributed by atoms with Gasteiger partial charge in [-0.15, -0.1) is 0 Å². The fourth-order valence-electron chi connectivity index (χ4n) is 2.13. The van der Waals surface area contributed by atoms with Crippen LogP contribution in [-0.2, 0) is 6.42 Å². The molecule has 0 amide bonds. The maximum Gasteiger partial charge on any atom is 0.100 e. The first kappa shape index (κ1) is 14.2. The van der Waals surface area contributed by atoms with Gasteiger partial charge < -0.3 is 0 Å². The van der Waals surface area contributed by atoms with E-state index in [0.29, 0.717) is 5.92 Å². The first-order chi connectivity index (χ1) is 9.72. The summed E-state index contributed by atoms with van der Waals surface area (Å²) in [6.07, 6.45) is 0.962. The summed E-state index contributed by atoms with van der Waals surface area (Å²) in [5, 5.41) is 0. The lowest BCUT2D eigenvalue weighted by molar-refractivity contribution is 0.867. The van der Waals surface area contributed by atoms with Crippen LogP contribution in [0.25, 0.3) is 0 Å². The Labute approximate surface area is 120 Å². The predicted molar refractivity (Wildman–Crippen MR) is 85.5 cm³/mol. The lowest BCUT2D eigenvalue weighted by Gasteiger charge is -2.06. The van der Waals surface area contributed by atoms with Gasteiger partial charge in [0.15, 0.2) is 0 Å². The molecule has 0 saturated heterocycles. The van der Waals surface area contributed by atoms with Crippen LogP contribution in [0.2, 0.25) is 0 Å². The highest BCUT2D eigenvalue weighted by Gasteiger charge is 2.03. The minimum atomic E-state index is 0.444. The van der Waals surface area contributed by atoms with Gasteiger partial charge in [-0.2, -0.15) is 9.98 Å². The van der Waals surface area contributed by atoms with Gasteiger partial charge in [0.25, 0.3) is 0 Å². The van der Waals surface area contributed by atoms with Crippen LogP contribution < -0.4 is 0 Å². The highest BCUT2D eigenvalue weighted by Crippen LogP contribution is 2.26. The second-order valence-corrected chi connectivity index (χ2v) is 5.02. The minimum Gasteiger partial charge on any atom is -0.187 e. The third-order valence-corrected chi connectivity index (χ3v) is 3.27. The maximum atomic E-state index is 4.38. The van der Waals surface area contributed by atoms with Crippen LogP contribution in [0.3, 0.4) is 0 Å². The van der Waals surface area contributed by atoms with E-state index in [-0.39, 0.29) is 0 Å². The van der Waals surface area contributed by atoms with E-state index >= 15 is 0 Å². The molecule has 0 heterocycles. The molecule has 2 nitrogen and oxygen atoms in total. The van der Waals surface area contributed by atoms with Crippen molar-refractivity contribution < 1.29 is 0 Å². The molecule has 0 aliphatic rings. The largest absolute Gasteiger partial charge is 0.187 e. The molecule has 0 N–H and O–H groups in total. The summed E-state index contributed by atoms with van der Waals surface area (Å²) in [4.78, 5) is 8.74. The number of nitrogens with zero attached hydrogens (tertiary/aromatic N) is 2. The molecule has 0 aromatic heterocycles. The topological polar surface area (TPSA) is 24.7 Å². The normalized spacial score (nSPS) is 10.2. The molecule has 0 spiro atoms. The van der Waals surface area contributed by atoms with Crippen LogP contribution in [0.4, 0.5) is 11.4 Å². The van der Waals surface area contributed by atoms with E-state index in [0.717, 1.165) is 17.8 Å². The van der Waals surface area contributed by atoms with E-state index in [1.165, 1.54) is 11.1 Å². The fraction of sp³-hybridized carbons (Fsp3) is 0.278. The summed E-state index contributed by atoms with van der Waals surface area (Å²) >= 11 is 0. The second-order valence-electron chi connectivity index (χ2n) is 5.02. The van der Waals surface area contributed by atoms with Crippen molar-refractivity contribution in [3.63, 3.8) is 0 Å². The van der Waals surface area contributed by atoms with E-state index in [2.05, 4.69) is 48.9 Å². The molecule has 2 rings (SSSR count). The minimum absolute atomic E-state index is 0.444. The van der Waals surface area contributed by atoms with Crippen molar-refractivity contribution in [1.29, 1.82) is 0 Å². The van der Waals surface area contributed by atoms with Gasteiger partial charge >= 0.3 is 0 Å². The third-order valence-electron chi connectivity index (χ3n) is 3.27. The molecule has 20 heavy (non-hydrogen) atoms. The Morgan fingerprint density at radius 2 is 1.50 bits per heavy atom. The van der Waals surface area contributed by atoms with Gasteiger partial charge in [-0.05, 0) is 35.6 Å². The molecule has 0 fully saturated rings. The molecule has 0 bridgehead atoms. The Bertz CT molecular complexity index is 635. The Hall–Kier alpha value is -2.18. The molecular formula is C18H20N2. The monoisotopic (exact) mass is 264 g/mol. The second kappa shape index (κ2) is 6.83. The number of para-hydroxylation sites is 2. The summed E-state index contributed by atoms with van der Waals surface area (Å²) in [5.74, 6) is 0.444. The van der Waals surface area contributed by atoms with Crippen LogP contribution in [0.15, 0.2) is 58.5 Å². The molecule has 0 saturated carbocycles. The van der Waals surface area contributed by atoms with E-state index in [9.17, 15) is 0 Å². The zero-order valence-electron chi connectivity index (χ0n) is 12.3. The van der Waals surface area contributed by atoms with Crippen molar-refractivity contribution in [3.8, 4) is 0 Å². The maximum absolute atomic E-state index is 4.38. The highest BCUT2D eigenvalue weighted by atomic mass is 14.8. The van der Waals surface area contributed by atoms with E-state index in [4.69, 9.17) is 0 Å². The quantitative estimate of drug-likeness (QED) is 0.650. The Kier molecular flexibility index (Phi) is 4.86. The fourth-order valence-corrected chi connectivity index (χ4v) is 2.13. The summed E-state index contributed by atoms with van der Waals surface area (Å²) in [5.41, 5.74) is 4.33. The Morgan fingerprint density at radius 3 is 2.20 bits per heavy atom. The molecule has 2 heteroatoms. The van der Waals surface area contributed by atoms with Crippen LogP contribution in [0.1, 0.15) is 37.8 Å². The molecule has 0 atom stereocenters. The van der Waals surface area contributed by atoms with E-state index in [1.54, 1.807) is 0 Å². The van der Waals surface area contributed by atoms with Crippen LogP contribution in [0.5, 0.6) is 0 Å². The number of aryl methyl sites for hydroxylation is 1. The van der Waals surface area contributed by atoms with Crippen LogP contribution >= 0.6 is 0 Å². The van der Waals surface area contributed by atoms with Crippen LogP contribution in [0, 0.1) is 0 Å². The number of aliphatic imine (C=N–C) groups is 2. The predicted octanol–water partition coefficient (Wildman–Crippen LogP) is 5.51. The zero-order valence-corrected chi connectivity index (χ0v) is 12.3. The van der Waals surface area contributed by atoms with Crippen molar-refractivity contribution in [3.05, 3.63) is 59.7 Å². The molecule has 0 unspecified atom stereocenters. The molecule has 2 aromatic carbocycles. The van der Waals surface area contributed by atoms with Crippen molar-refractivity contribution in [2.75, 3.05) is 0 Å². The first-order valence-corrected chi connectivity index (χ1v) is 7.05. The summed E-state index contributed by atoms with van der Waals surface area (Å²) in [7, 11) is 0. The lowest BCUT2D eigenvalue weighted by atomic mass is 10.0. The number of hydrogen-bond donors (Lipinski definition) is 0. The van der Waals surface area contributed by atoms with Crippen LogP contribution in [-0.4, -0.2) is 6.01 Å². The SMILES string of the molecule is CCc1ccccc1N=C=Nc1ccccc1C(C)C. The Morgan fingerprint density at radius 1 is 0.900 bits per heavy atom. The average molecular weight is 264 g/mol. The van der Waals surface area contributed by atoms with Gasteiger partial charge in [0.1, 0.15) is 6.01 Å². The van der Waals surface area contributed by atoms with Gasteiger partial charge in [0.2, 0.25) is 0 Å². The average Bonchev–Trinajstić information content (AvgIpc) is 2.48. The number of rotatable bonds is 4. The highest BCUT2D eigenvalue weighted by molar-refractivity contribution is 5.61. The van der Waals surface area contributed by atoms with Gasteiger partial charge in [-0.1, -0.05) is 57.2 Å².